The van der Waals surface area contributed by atoms with Gasteiger partial charge in [-0.15, -0.1) is 0 Å². The molecule has 0 aromatic heterocycles. The summed E-state index contributed by atoms with van der Waals surface area (Å²) in [5.41, 5.74) is 1.29. The van der Waals surface area contributed by atoms with Crippen LogP contribution in [0.5, 0.6) is 0 Å². The van der Waals surface area contributed by atoms with Gasteiger partial charge in [-0.3, -0.25) is 10.3 Å². The fourth-order valence-electron chi connectivity index (χ4n) is 1.80. The van der Waals surface area contributed by atoms with Crippen LogP contribution in [-0.2, 0) is 0 Å². The number of nitrogens with one attached hydrogen (secondary N) is 1. The largest absolute Gasteiger partial charge is 0.293 e. The second-order valence-corrected chi connectivity index (χ2v) is 4.30. The molecule has 1 aromatic carbocycles. The van der Waals surface area contributed by atoms with Crippen molar-refractivity contribution in [1.29, 1.82) is 0 Å². The van der Waals surface area contributed by atoms with E-state index in [1.165, 1.54) is 5.56 Å². The minimum absolute atomic E-state index is 0.0503. The molecule has 1 aromatic rings. The Morgan fingerprint density at radius 2 is 2.13 bits per heavy atom. The van der Waals surface area contributed by atoms with Gasteiger partial charge < -0.3 is 0 Å². The molecule has 0 aliphatic carbocycles. The fraction of sp³-hybridized carbons (Fsp3) is 0.462. The van der Waals surface area contributed by atoms with E-state index in [0.717, 1.165) is 13.0 Å². The van der Waals surface area contributed by atoms with Gasteiger partial charge in [-0.05, 0) is 18.9 Å². The maximum atomic E-state index is 4.60. The second kappa shape index (κ2) is 4.15. The fourth-order valence-corrected chi connectivity index (χ4v) is 1.80. The first kappa shape index (κ1) is 10.4. The zero-order valence-electron chi connectivity index (χ0n) is 9.40. The first-order chi connectivity index (χ1) is 7.23. The molecular formula is C13H18N2. The molecule has 2 atom stereocenters. The number of rotatable bonds is 2. The third kappa shape index (κ3) is 2.26. The Balaban J connectivity index is 2.14. The molecule has 80 valence electrons. The first-order valence-electron chi connectivity index (χ1n) is 5.59. The quantitative estimate of drug-likeness (QED) is 0.783. The lowest BCUT2D eigenvalue weighted by atomic mass is 9.96. The molecular weight excluding hydrogens is 184 g/mol. The van der Waals surface area contributed by atoms with Gasteiger partial charge in [0, 0.05) is 18.7 Å². The lowest BCUT2D eigenvalue weighted by Crippen LogP contribution is -2.45. The number of nitrogens with zero attached hydrogens (tertiary/aromatic N) is 1. The Kier molecular flexibility index (Phi) is 2.87. The van der Waals surface area contributed by atoms with Crippen LogP contribution >= 0.6 is 0 Å². The molecule has 2 heteroatoms. The van der Waals surface area contributed by atoms with Crippen molar-refractivity contribution in [1.82, 2.24) is 5.32 Å². The third-order valence-electron chi connectivity index (χ3n) is 3.16. The summed E-state index contributed by atoms with van der Waals surface area (Å²) in [7, 11) is 0. The minimum atomic E-state index is -0.0503. The molecule has 1 aliphatic heterocycles. The van der Waals surface area contributed by atoms with Gasteiger partial charge in [0.1, 0.15) is 5.66 Å². The Bertz CT molecular complexity index is 345. The predicted molar refractivity (Wildman–Crippen MR) is 64.4 cm³/mol. The Morgan fingerprint density at radius 3 is 2.67 bits per heavy atom. The smallest absolute Gasteiger partial charge is 0.107 e. The van der Waals surface area contributed by atoms with Gasteiger partial charge in [-0.2, -0.15) is 0 Å². The number of hydrogen-bond donors (Lipinski definition) is 1. The normalized spacial score (nSPS) is 30.4. The molecule has 0 spiro atoms. The molecule has 2 rings (SSSR count). The monoisotopic (exact) mass is 202 g/mol. The van der Waals surface area contributed by atoms with Crippen molar-refractivity contribution in [3.63, 3.8) is 0 Å². The van der Waals surface area contributed by atoms with Gasteiger partial charge in [-0.25, -0.2) is 0 Å². The highest BCUT2D eigenvalue weighted by molar-refractivity contribution is 5.69. The van der Waals surface area contributed by atoms with E-state index in [4.69, 9.17) is 0 Å². The Morgan fingerprint density at radius 1 is 1.40 bits per heavy atom. The number of benzene rings is 1. The maximum Gasteiger partial charge on any atom is 0.107 e. The minimum Gasteiger partial charge on any atom is -0.293 e. The predicted octanol–water partition coefficient (Wildman–Crippen LogP) is 2.57. The van der Waals surface area contributed by atoms with Gasteiger partial charge in [0.25, 0.3) is 0 Å². The van der Waals surface area contributed by atoms with Crippen LogP contribution in [0.15, 0.2) is 35.3 Å². The van der Waals surface area contributed by atoms with E-state index < -0.39 is 0 Å². The van der Waals surface area contributed by atoms with Gasteiger partial charge >= 0.3 is 0 Å². The summed E-state index contributed by atoms with van der Waals surface area (Å²) in [6, 6.07) is 10.5. The van der Waals surface area contributed by atoms with E-state index in [1.807, 2.05) is 6.07 Å². The average molecular weight is 202 g/mol. The molecule has 2 nitrogen and oxygen atoms in total. The molecule has 0 bridgehead atoms. The topological polar surface area (TPSA) is 24.4 Å². The van der Waals surface area contributed by atoms with Gasteiger partial charge in [-0.1, -0.05) is 37.3 Å². The van der Waals surface area contributed by atoms with Crippen molar-refractivity contribution >= 4 is 6.21 Å². The summed E-state index contributed by atoms with van der Waals surface area (Å²) in [6.45, 7) is 5.29. The molecule has 0 fully saturated rings. The van der Waals surface area contributed by atoms with Gasteiger partial charge in [0.05, 0.1) is 0 Å². The van der Waals surface area contributed by atoms with E-state index in [2.05, 4.69) is 54.6 Å². The maximum absolute atomic E-state index is 4.60. The first-order valence-corrected chi connectivity index (χ1v) is 5.59. The summed E-state index contributed by atoms with van der Waals surface area (Å²) >= 11 is 0. The van der Waals surface area contributed by atoms with Crippen LogP contribution < -0.4 is 5.32 Å². The van der Waals surface area contributed by atoms with Crippen LogP contribution in [0, 0.1) is 0 Å². The van der Waals surface area contributed by atoms with E-state index >= 15 is 0 Å². The molecule has 0 saturated carbocycles. The Hall–Kier alpha value is -1.15. The Labute approximate surface area is 91.4 Å². The SMILES string of the molecule is CCC1(C)N=CC(c2ccccc2)CN1. The number of aliphatic imine (C=N–C) groups is 1. The zero-order valence-corrected chi connectivity index (χ0v) is 9.40. The van der Waals surface area contributed by atoms with Crippen molar-refractivity contribution in [2.24, 2.45) is 4.99 Å². The van der Waals surface area contributed by atoms with Crippen molar-refractivity contribution < 1.29 is 0 Å². The molecule has 0 amide bonds. The lowest BCUT2D eigenvalue weighted by Gasteiger charge is -2.32. The third-order valence-corrected chi connectivity index (χ3v) is 3.16. The summed E-state index contributed by atoms with van der Waals surface area (Å²) in [6.07, 6.45) is 3.13. The summed E-state index contributed by atoms with van der Waals surface area (Å²) in [5.74, 6) is 0.422. The second-order valence-electron chi connectivity index (χ2n) is 4.30. The zero-order chi connectivity index (χ0) is 10.7. The molecule has 1 aliphatic rings. The molecule has 0 saturated heterocycles. The van der Waals surface area contributed by atoms with Gasteiger partial charge in [0.2, 0.25) is 0 Å². The van der Waals surface area contributed by atoms with Gasteiger partial charge in [0.15, 0.2) is 0 Å². The van der Waals surface area contributed by atoms with Crippen LogP contribution in [-0.4, -0.2) is 18.4 Å². The molecule has 1 heterocycles. The highest BCUT2D eigenvalue weighted by Gasteiger charge is 2.25. The van der Waals surface area contributed by atoms with Crippen molar-refractivity contribution in [2.75, 3.05) is 6.54 Å². The van der Waals surface area contributed by atoms with Crippen molar-refractivity contribution in [3.05, 3.63) is 35.9 Å². The summed E-state index contributed by atoms with van der Waals surface area (Å²) in [4.78, 5) is 4.60. The summed E-state index contributed by atoms with van der Waals surface area (Å²) < 4.78 is 0. The van der Waals surface area contributed by atoms with E-state index in [0.29, 0.717) is 5.92 Å². The summed E-state index contributed by atoms with van der Waals surface area (Å²) in [5, 5.41) is 3.50. The van der Waals surface area contributed by atoms with Crippen molar-refractivity contribution in [3.8, 4) is 0 Å². The average Bonchev–Trinajstić information content (AvgIpc) is 2.31. The molecule has 2 unspecified atom stereocenters. The standard InChI is InChI=1S/C13H18N2/c1-3-13(2)14-9-12(10-15-13)11-7-5-4-6-8-11/h4-9,12,15H,3,10H2,1-2H3. The number of hydrogen-bond acceptors (Lipinski definition) is 2. The van der Waals surface area contributed by atoms with Crippen LogP contribution in [0.2, 0.25) is 0 Å². The van der Waals surface area contributed by atoms with Crippen LogP contribution in [0.3, 0.4) is 0 Å². The molecule has 15 heavy (non-hydrogen) atoms. The highest BCUT2D eigenvalue weighted by Crippen LogP contribution is 2.21. The van der Waals surface area contributed by atoms with E-state index in [1.54, 1.807) is 0 Å². The van der Waals surface area contributed by atoms with E-state index in [9.17, 15) is 0 Å². The molecule has 0 radical (unpaired) electrons. The molecule has 1 N–H and O–H groups in total. The van der Waals surface area contributed by atoms with Crippen LogP contribution in [0.1, 0.15) is 31.7 Å². The van der Waals surface area contributed by atoms with Crippen molar-refractivity contribution in [2.45, 2.75) is 31.8 Å². The van der Waals surface area contributed by atoms with E-state index in [-0.39, 0.29) is 5.66 Å². The van der Waals surface area contributed by atoms with Crippen LogP contribution in [0.25, 0.3) is 0 Å². The highest BCUT2D eigenvalue weighted by atomic mass is 15.1. The lowest BCUT2D eigenvalue weighted by molar-refractivity contribution is 0.344. The van der Waals surface area contributed by atoms with Crippen LogP contribution in [0.4, 0.5) is 0 Å².